The Morgan fingerprint density at radius 2 is 1.87 bits per heavy atom. The summed E-state index contributed by atoms with van der Waals surface area (Å²) in [5.41, 5.74) is 2.17. The maximum atomic E-state index is 13.7. The van der Waals surface area contributed by atoms with Gasteiger partial charge in [-0.3, -0.25) is 4.79 Å². The van der Waals surface area contributed by atoms with Crippen LogP contribution < -0.4 is 10.4 Å². The molecule has 0 radical (unpaired) electrons. The van der Waals surface area contributed by atoms with Crippen molar-refractivity contribution < 1.29 is 19.1 Å². The number of nitrogens with one attached hydrogen (secondary N) is 1. The van der Waals surface area contributed by atoms with Crippen LogP contribution in [0.15, 0.2) is 29.3 Å². The van der Waals surface area contributed by atoms with E-state index >= 15 is 0 Å². The van der Waals surface area contributed by atoms with Gasteiger partial charge in [0, 0.05) is 34.9 Å². The highest BCUT2D eigenvalue weighted by Crippen LogP contribution is 2.34. The van der Waals surface area contributed by atoms with Crippen LogP contribution in [0.25, 0.3) is 0 Å². The van der Waals surface area contributed by atoms with Crippen LogP contribution in [0, 0.1) is 17.7 Å². The Kier molecular flexibility index (Phi) is 5.42. The van der Waals surface area contributed by atoms with Gasteiger partial charge in [0.2, 0.25) is 5.91 Å². The SMILES string of the molecule is CC1=C(C)C[C@@H](C(=O)[O-])[C@@H](C(=O)NCc2c(F)cccc2Cl)C1. The first-order chi connectivity index (χ1) is 10.8. The summed E-state index contributed by atoms with van der Waals surface area (Å²) in [6.45, 7) is 3.66. The molecule has 1 aromatic carbocycles. The summed E-state index contributed by atoms with van der Waals surface area (Å²) in [5, 5.41) is 14.1. The highest BCUT2D eigenvalue weighted by molar-refractivity contribution is 6.31. The Hall–Kier alpha value is -1.88. The van der Waals surface area contributed by atoms with Gasteiger partial charge in [0.1, 0.15) is 5.82 Å². The molecule has 0 fully saturated rings. The van der Waals surface area contributed by atoms with Crippen molar-refractivity contribution in [3.8, 4) is 0 Å². The minimum Gasteiger partial charge on any atom is -0.550 e. The highest BCUT2D eigenvalue weighted by Gasteiger charge is 2.33. The monoisotopic (exact) mass is 338 g/mol. The quantitative estimate of drug-likeness (QED) is 0.856. The van der Waals surface area contributed by atoms with Crippen LogP contribution in [0.3, 0.4) is 0 Å². The predicted molar refractivity (Wildman–Crippen MR) is 82.9 cm³/mol. The molecule has 124 valence electrons. The van der Waals surface area contributed by atoms with Crippen molar-refractivity contribution in [1.29, 1.82) is 0 Å². The minimum atomic E-state index is -1.24. The maximum absolute atomic E-state index is 13.7. The highest BCUT2D eigenvalue weighted by atomic mass is 35.5. The van der Waals surface area contributed by atoms with Crippen molar-refractivity contribution in [2.24, 2.45) is 11.8 Å². The van der Waals surface area contributed by atoms with E-state index in [9.17, 15) is 19.1 Å². The molecule has 1 aliphatic rings. The lowest BCUT2D eigenvalue weighted by molar-refractivity contribution is -0.313. The van der Waals surface area contributed by atoms with Crippen molar-refractivity contribution in [2.75, 3.05) is 0 Å². The third-order valence-corrected chi connectivity index (χ3v) is 4.76. The van der Waals surface area contributed by atoms with Crippen molar-refractivity contribution >= 4 is 23.5 Å². The van der Waals surface area contributed by atoms with Crippen molar-refractivity contribution in [2.45, 2.75) is 33.2 Å². The van der Waals surface area contributed by atoms with Crippen molar-refractivity contribution in [3.63, 3.8) is 0 Å². The van der Waals surface area contributed by atoms with Gasteiger partial charge in [-0.2, -0.15) is 0 Å². The van der Waals surface area contributed by atoms with E-state index in [1.165, 1.54) is 18.2 Å². The number of hydrogen-bond donors (Lipinski definition) is 1. The fourth-order valence-corrected chi connectivity index (χ4v) is 3.05. The molecule has 6 heteroatoms. The number of carbonyl (C=O) groups is 2. The third kappa shape index (κ3) is 3.91. The van der Waals surface area contributed by atoms with Crippen LogP contribution in [-0.4, -0.2) is 11.9 Å². The lowest BCUT2D eigenvalue weighted by Crippen LogP contribution is -2.44. The first kappa shape index (κ1) is 17.5. The van der Waals surface area contributed by atoms with Gasteiger partial charge in [0.05, 0.1) is 0 Å². The van der Waals surface area contributed by atoms with E-state index in [-0.39, 0.29) is 17.1 Å². The molecule has 4 nitrogen and oxygen atoms in total. The first-order valence-corrected chi connectivity index (χ1v) is 7.75. The molecule has 2 atom stereocenters. The second-order valence-electron chi connectivity index (χ2n) is 5.92. The normalized spacial score (nSPS) is 21.2. The fourth-order valence-electron chi connectivity index (χ4n) is 2.82. The number of carbonyl (C=O) groups excluding carboxylic acids is 2. The number of rotatable bonds is 4. The Labute approximate surface area is 139 Å². The lowest BCUT2D eigenvalue weighted by atomic mass is 9.76. The Bertz CT molecular complexity index is 652. The number of carboxylic acids is 1. The molecule has 0 aromatic heterocycles. The van der Waals surface area contributed by atoms with E-state index in [4.69, 9.17) is 11.6 Å². The molecular weight excluding hydrogens is 321 g/mol. The van der Waals surface area contributed by atoms with Crippen molar-refractivity contribution in [1.82, 2.24) is 5.32 Å². The van der Waals surface area contributed by atoms with Crippen LogP contribution in [0.2, 0.25) is 5.02 Å². The molecule has 0 saturated carbocycles. The molecule has 2 rings (SSSR count). The standard InChI is InChI=1S/C17H19ClFNO3/c1-9-6-11(12(17(22)23)7-10(9)2)16(21)20-8-13-14(18)4-3-5-15(13)19/h3-5,11-12H,6-8H2,1-2H3,(H,20,21)(H,22,23)/p-1/t11-,12+/m0/s1. The van der Waals surface area contributed by atoms with Crippen LogP contribution in [0.1, 0.15) is 32.3 Å². The second-order valence-corrected chi connectivity index (χ2v) is 6.33. The zero-order valence-electron chi connectivity index (χ0n) is 13.0. The van der Waals surface area contributed by atoms with Crippen LogP contribution >= 0.6 is 11.6 Å². The summed E-state index contributed by atoms with van der Waals surface area (Å²) in [7, 11) is 0. The van der Waals surface area contributed by atoms with Gasteiger partial charge < -0.3 is 15.2 Å². The van der Waals surface area contributed by atoms with E-state index in [0.29, 0.717) is 12.8 Å². The van der Waals surface area contributed by atoms with E-state index in [1.807, 2.05) is 13.8 Å². The van der Waals surface area contributed by atoms with Gasteiger partial charge in [0.15, 0.2) is 0 Å². The van der Waals surface area contributed by atoms with Gasteiger partial charge in [-0.1, -0.05) is 28.8 Å². The summed E-state index contributed by atoms with van der Waals surface area (Å²) in [6.07, 6.45) is 0.661. The van der Waals surface area contributed by atoms with Gasteiger partial charge in [-0.15, -0.1) is 0 Å². The van der Waals surface area contributed by atoms with E-state index < -0.39 is 29.5 Å². The van der Waals surface area contributed by atoms with Gasteiger partial charge in [0.25, 0.3) is 0 Å². The molecule has 0 aliphatic heterocycles. The number of allylic oxidation sites excluding steroid dienone is 2. The number of hydrogen-bond acceptors (Lipinski definition) is 3. The summed E-state index contributed by atoms with van der Waals surface area (Å²) >= 11 is 5.92. The predicted octanol–water partition coefficient (Wildman–Crippen LogP) is 2.21. The van der Waals surface area contributed by atoms with Crippen LogP contribution in [0.4, 0.5) is 4.39 Å². The first-order valence-electron chi connectivity index (χ1n) is 7.38. The third-order valence-electron chi connectivity index (χ3n) is 4.41. The molecule has 0 saturated heterocycles. The van der Waals surface area contributed by atoms with E-state index in [0.717, 1.165) is 11.1 Å². The van der Waals surface area contributed by atoms with Gasteiger partial charge in [-0.05, 0) is 38.8 Å². The average molecular weight is 339 g/mol. The number of aliphatic carboxylic acids is 1. The minimum absolute atomic E-state index is 0.0810. The molecule has 1 aliphatic carbocycles. The molecule has 1 aromatic rings. The Morgan fingerprint density at radius 1 is 1.26 bits per heavy atom. The van der Waals surface area contributed by atoms with Gasteiger partial charge >= 0.3 is 0 Å². The smallest absolute Gasteiger partial charge is 0.224 e. The van der Waals surface area contributed by atoms with Crippen molar-refractivity contribution in [3.05, 3.63) is 45.7 Å². The number of benzene rings is 1. The molecule has 23 heavy (non-hydrogen) atoms. The zero-order valence-corrected chi connectivity index (χ0v) is 13.7. The summed E-state index contributed by atoms with van der Waals surface area (Å²) in [4.78, 5) is 23.7. The molecule has 0 spiro atoms. The summed E-state index contributed by atoms with van der Waals surface area (Å²) in [6, 6.07) is 4.27. The number of halogens is 2. The molecule has 0 heterocycles. The maximum Gasteiger partial charge on any atom is 0.224 e. The summed E-state index contributed by atoms with van der Waals surface area (Å²) < 4.78 is 13.7. The van der Waals surface area contributed by atoms with Crippen LogP contribution in [0.5, 0.6) is 0 Å². The molecule has 0 unspecified atom stereocenters. The zero-order chi connectivity index (χ0) is 17.1. The topological polar surface area (TPSA) is 69.2 Å². The van der Waals surface area contributed by atoms with E-state index in [1.54, 1.807) is 0 Å². The molecule has 0 bridgehead atoms. The largest absolute Gasteiger partial charge is 0.550 e. The average Bonchev–Trinajstić information content (AvgIpc) is 2.48. The molecule has 1 amide bonds. The molecule has 1 N–H and O–H groups in total. The number of carboxylic acid groups (broad SMARTS) is 1. The fraction of sp³-hybridized carbons (Fsp3) is 0.412. The Balaban J connectivity index is 2.12. The second kappa shape index (κ2) is 7.13. The van der Waals surface area contributed by atoms with E-state index in [2.05, 4.69) is 5.32 Å². The number of amides is 1. The summed E-state index contributed by atoms with van der Waals surface area (Å²) in [5.74, 6) is -3.75. The molecular formula is C17H18ClFNO3-. The Morgan fingerprint density at radius 3 is 2.43 bits per heavy atom. The van der Waals surface area contributed by atoms with Crippen LogP contribution in [-0.2, 0) is 16.1 Å². The van der Waals surface area contributed by atoms with Gasteiger partial charge in [-0.25, -0.2) is 4.39 Å². The lowest BCUT2D eigenvalue weighted by Gasteiger charge is -2.32.